The van der Waals surface area contributed by atoms with Gasteiger partial charge in [0, 0.05) is 11.6 Å². The van der Waals surface area contributed by atoms with Crippen molar-refractivity contribution in [3.8, 4) is 0 Å². The molecule has 7 heteroatoms. The van der Waals surface area contributed by atoms with Crippen molar-refractivity contribution in [3.05, 3.63) is 65.2 Å². The molecule has 2 aromatic rings. The average Bonchev–Trinajstić information content (AvgIpc) is 2.64. The summed E-state index contributed by atoms with van der Waals surface area (Å²) in [6.45, 7) is 4.24. The summed E-state index contributed by atoms with van der Waals surface area (Å²) in [5, 5.41) is 3.40. The van der Waals surface area contributed by atoms with Crippen LogP contribution >= 0.6 is 11.6 Å². The Bertz CT molecular complexity index is 855. The number of benzene rings is 2. The molecule has 0 spiro atoms. The van der Waals surface area contributed by atoms with E-state index in [-0.39, 0.29) is 11.8 Å². The summed E-state index contributed by atoms with van der Waals surface area (Å²) in [6, 6.07) is 15.5. The van der Waals surface area contributed by atoms with Crippen LogP contribution in [0.2, 0.25) is 5.02 Å². The van der Waals surface area contributed by atoms with E-state index in [1.165, 1.54) is 0 Å². The maximum absolute atomic E-state index is 12.8. The van der Waals surface area contributed by atoms with Crippen LogP contribution in [0.1, 0.15) is 31.7 Å². The minimum absolute atomic E-state index is 0.120. The first-order chi connectivity index (χ1) is 12.7. The normalized spacial score (nSPS) is 13.6. The van der Waals surface area contributed by atoms with Crippen LogP contribution in [0.5, 0.6) is 0 Å². The van der Waals surface area contributed by atoms with Crippen LogP contribution in [0, 0.1) is 0 Å². The van der Waals surface area contributed by atoms with Crippen molar-refractivity contribution in [2.45, 2.75) is 32.2 Å². The largest absolute Gasteiger partial charge is 0.354 e. The Morgan fingerprint density at radius 2 is 1.70 bits per heavy atom. The van der Waals surface area contributed by atoms with E-state index in [9.17, 15) is 13.2 Å². The van der Waals surface area contributed by atoms with Crippen LogP contribution in [0.4, 0.5) is 5.69 Å². The van der Waals surface area contributed by atoms with Gasteiger partial charge < -0.3 is 5.32 Å². The van der Waals surface area contributed by atoms with E-state index in [1.807, 2.05) is 37.3 Å². The van der Waals surface area contributed by atoms with Gasteiger partial charge in [0.1, 0.15) is 6.04 Å². The van der Waals surface area contributed by atoms with Gasteiger partial charge in [-0.3, -0.25) is 9.10 Å². The van der Waals surface area contributed by atoms with E-state index in [0.717, 1.165) is 16.1 Å². The number of nitrogens with one attached hydrogen (secondary N) is 1. The van der Waals surface area contributed by atoms with E-state index in [2.05, 4.69) is 5.32 Å². The summed E-state index contributed by atoms with van der Waals surface area (Å²) in [4.78, 5) is 12.8. The minimum Gasteiger partial charge on any atom is -0.354 e. The molecule has 0 fully saturated rings. The van der Waals surface area contributed by atoms with Crippen LogP contribution in [0.15, 0.2) is 54.6 Å². The van der Waals surface area contributed by atoms with Gasteiger partial charge in [0.05, 0.1) is 11.9 Å². The number of hydrogen-bond donors (Lipinski definition) is 1. The second-order valence-electron chi connectivity index (χ2n) is 6.52. The summed E-state index contributed by atoms with van der Waals surface area (Å²) in [5.74, 6) is -0.199. The van der Waals surface area contributed by atoms with E-state index >= 15 is 0 Å². The summed E-state index contributed by atoms with van der Waals surface area (Å²) in [7, 11) is -3.65. The fourth-order valence-electron chi connectivity index (χ4n) is 2.92. The lowest BCUT2D eigenvalue weighted by atomic mass is 10.0. The van der Waals surface area contributed by atoms with E-state index in [4.69, 9.17) is 11.6 Å². The van der Waals surface area contributed by atoms with E-state index in [0.29, 0.717) is 23.7 Å². The zero-order valence-electron chi connectivity index (χ0n) is 15.7. The Morgan fingerprint density at radius 1 is 1.11 bits per heavy atom. The summed E-state index contributed by atoms with van der Waals surface area (Å²) >= 11 is 5.90. The van der Waals surface area contributed by atoms with Crippen molar-refractivity contribution < 1.29 is 13.2 Å². The molecule has 0 aliphatic rings. The first-order valence-corrected chi connectivity index (χ1v) is 11.0. The van der Waals surface area contributed by atoms with Gasteiger partial charge in [-0.15, -0.1) is 0 Å². The van der Waals surface area contributed by atoms with Gasteiger partial charge in [0.2, 0.25) is 15.9 Å². The maximum Gasteiger partial charge on any atom is 0.243 e. The van der Waals surface area contributed by atoms with Crippen molar-refractivity contribution in [2.24, 2.45) is 0 Å². The van der Waals surface area contributed by atoms with Crippen LogP contribution in [-0.2, 0) is 14.8 Å². The van der Waals surface area contributed by atoms with Crippen molar-refractivity contribution >= 4 is 33.2 Å². The molecule has 0 saturated carbocycles. The molecule has 1 amide bonds. The molecule has 2 rings (SSSR count). The number of amides is 1. The smallest absolute Gasteiger partial charge is 0.243 e. The predicted octanol–water partition coefficient (Wildman–Crippen LogP) is 3.80. The average molecular weight is 409 g/mol. The molecule has 5 nitrogen and oxygen atoms in total. The highest BCUT2D eigenvalue weighted by molar-refractivity contribution is 7.92. The SMILES string of the molecule is CC[C@H](C(=O)NC[C@@H](C)c1ccccc1)N(c1ccc(Cl)cc1)S(C)(=O)=O. The second kappa shape index (κ2) is 9.24. The number of sulfonamides is 1. The lowest BCUT2D eigenvalue weighted by Crippen LogP contribution is -2.49. The molecular weight excluding hydrogens is 384 g/mol. The molecule has 146 valence electrons. The highest BCUT2D eigenvalue weighted by atomic mass is 35.5. The first-order valence-electron chi connectivity index (χ1n) is 8.81. The topological polar surface area (TPSA) is 66.5 Å². The molecule has 2 atom stereocenters. The number of rotatable bonds is 8. The summed E-state index contributed by atoms with van der Waals surface area (Å²) < 4.78 is 25.9. The van der Waals surface area contributed by atoms with Gasteiger partial charge in [-0.2, -0.15) is 0 Å². The van der Waals surface area contributed by atoms with Crippen LogP contribution in [-0.4, -0.2) is 33.2 Å². The van der Waals surface area contributed by atoms with Crippen molar-refractivity contribution in [1.82, 2.24) is 5.32 Å². The molecule has 27 heavy (non-hydrogen) atoms. The Kier molecular flexibility index (Phi) is 7.27. The van der Waals surface area contributed by atoms with Crippen LogP contribution in [0.25, 0.3) is 0 Å². The third-order valence-electron chi connectivity index (χ3n) is 4.36. The summed E-state index contributed by atoms with van der Waals surface area (Å²) in [5.41, 5.74) is 1.53. The standard InChI is InChI=1S/C20H25ClN2O3S/c1-4-19(20(24)22-14-15(2)16-8-6-5-7-9-16)23(27(3,25)26)18-12-10-17(21)11-13-18/h5-13,15,19H,4,14H2,1-3H3,(H,22,24)/t15-,19-/m1/s1. The fourth-order valence-corrected chi connectivity index (χ4v) is 4.26. The number of nitrogens with zero attached hydrogens (tertiary/aromatic N) is 1. The van der Waals surface area contributed by atoms with E-state index in [1.54, 1.807) is 31.2 Å². The number of anilines is 1. The van der Waals surface area contributed by atoms with Crippen molar-refractivity contribution in [3.63, 3.8) is 0 Å². The molecule has 0 bridgehead atoms. The molecule has 2 aromatic carbocycles. The first kappa shape index (κ1) is 21.3. The molecule has 1 N–H and O–H groups in total. The zero-order chi connectivity index (χ0) is 20.0. The number of hydrogen-bond acceptors (Lipinski definition) is 3. The Hall–Kier alpha value is -2.05. The van der Waals surface area contributed by atoms with Crippen LogP contribution < -0.4 is 9.62 Å². The monoisotopic (exact) mass is 408 g/mol. The highest BCUT2D eigenvalue weighted by Crippen LogP contribution is 2.24. The second-order valence-corrected chi connectivity index (χ2v) is 8.81. The fraction of sp³-hybridized carbons (Fsp3) is 0.350. The Morgan fingerprint density at radius 3 is 2.22 bits per heavy atom. The number of carbonyl (C=O) groups excluding carboxylic acids is 1. The van der Waals surface area contributed by atoms with Crippen molar-refractivity contribution in [2.75, 3.05) is 17.1 Å². The van der Waals surface area contributed by atoms with Gasteiger partial charge in [-0.05, 0) is 42.2 Å². The van der Waals surface area contributed by atoms with Gasteiger partial charge in [-0.1, -0.05) is 55.8 Å². The zero-order valence-corrected chi connectivity index (χ0v) is 17.3. The maximum atomic E-state index is 12.8. The molecule has 0 heterocycles. The van der Waals surface area contributed by atoms with Crippen molar-refractivity contribution in [1.29, 1.82) is 0 Å². The van der Waals surface area contributed by atoms with Gasteiger partial charge in [-0.25, -0.2) is 8.42 Å². The Balaban J connectivity index is 2.18. The van der Waals surface area contributed by atoms with E-state index < -0.39 is 16.1 Å². The quantitative estimate of drug-likeness (QED) is 0.722. The molecule has 0 aliphatic heterocycles. The molecule has 0 aromatic heterocycles. The molecule has 0 unspecified atom stereocenters. The van der Waals surface area contributed by atoms with Gasteiger partial charge in [0.25, 0.3) is 0 Å². The summed E-state index contributed by atoms with van der Waals surface area (Å²) in [6.07, 6.45) is 1.45. The molecular formula is C20H25ClN2O3S. The highest BCUT2D eigenvalue weighted by Gasteiger charge is 2.31. The lowest BCUT2D eigenvalue weighted by molar-refractivity contribution is -0.122. The number of halogens is 1. The Labute approximate surface area is 166 Å². The number of carbonyl (C=O) groups is 1. The van der Waals surface area contributed by atoms with Gasteiger partial charge in [0.15, 0.2) is 0 Å². The third-order valence-corrected chi connectivity index (χ3v) is 5.79. The molecule has 0 saturated heterocycles. The predicted molar refractivity (Wildman–Crippen MR) is 111 cm³/mol. The van der Waals surface area contributed by atoms with Gasteiger partial charge >= 0.3 is 0 Å². The molecule has 0 aliphatic carbocycles. The minimum atomic E-state index is -3.65. The third kappa shape index (κ3) is 5.71. The lowest BCUT2D eigenvalue weighted by Gasteiger charge is -2.30. The molecule has 0 radical (unpaired) electrons. The van der Waals surface area contributed by atoms with Crippen LogP contribution in [0.3, 0.4) is 0 Å².